The summed E-state index contributed by atoms with van der Waals surface area (Å²) in [4.78, 5) is 5.80. The normalized spacial score (nSPS) is 10.9. The van der Waals surface area contributed by atoms with Gasteiger partial charge in [-0.05, 0) is 42.7 Å². The number of anilines is 1. The topological polar surface area (TPSA) is 29.3 Å². The number of hydrogen-bond acceptors (Lipinski definition) is 3. The lowest BCUT2D eigenvalue weighted by molar-refractivity contribution is 1.08. The predicted octanol–water partition coefficient (Wildman–Crippen LogP) is 4.32. The molecule has 3 nitrogen and oxygen atoms in total. The number of aromatic nitrogens is 2. The minimum absolute atomic E-state index is 0.692. The third-order valence-corrected chi connectivity index (χ3v) is 4.00. The van der Waals surface area contributed by atoms with Gasteiger partial charge in [-0.3, -0.25) is 0 Å². The highest BCUT2D eigenvalue weighted by atomic mass is 35.5. The Kier molecular flexibility index (Phi) is 3.85. The van der Waals surface area contributed by atoms with E-state index in [-0.39, 0.29) is 0 Å². The monoisotopic (exact) mass is 303 g/mol. The van der Waals surface area contributed by atoms with Crippen molar-refractivity contribution in [1.29, 1.82) is 0 Å². The van der Waals surface area contributed by atoms with Crippen LogP contribution in [0.1, 0.15) is 5.69 Å². The minimum Gasteiger partial charge on any atom is -0.379 e. The summed E-state index contributed by atoms with van der Waals surface area (Å²) in [7, 11) is 0. The largest absolute Gasteiger partial charge is 0.379 e. The Morgan fingerprint density at radius 3 is 2.70 bits per heavy atom. The van der Waals surface area contributed by atoms with E-state index in [4.69, 9.17) is 11.6 Å². The number of imidazole rings is 1. The van der Waals surface area contributed by atoms with Crippen molar-refractivity contribution in [2.75, 3.05) is 11.6 Å². The molecule has 0 saturated heterocycles. The van der Waals surface area contributed by atoms with Gasteiger partial charge in [0.25, 0.3) is 0 Å². The van der Waals surface area contributed by atoms with Gasteiger partial charge in [-0.15, -0.1) is 11.8 Å². The van der Waals surface area contributed by atoms with Gasteiger partial charge in [0.1, 0.15) is 5.65 Å². The molecule has 102 valence electrons. The number of rotatable bonds is 4. The van der Waals surface area contributed by atoms with Crippen molar-refractivity contribution < 1.29 is 0 Å². The highest BCUT2D eigenvalue weighted by molar-refractivity contribution is 7.98. The van der Waals surface area contributed by atoms with E-state index < -0.39 is 0 Å². The lowest BCUT2D eigenvalue weighted by Crippen LogP contribution is -1.99. The fourth-order valence-corrected chi connectivity index (χ4v) is 2.58. The second kappa shape index (κ2) is 5.77. The number of benzene rings is 1. The van der Waals surface area contributed by atoms with Crippen molar-refractivity contribution in [3.8, 4) is 0 Å². The van der Waals surface area contributed by atoms with Crippen LogP contribution in [0, 0.1) is 0 Å². The van der Waals surface area contributed by atoms with E-state index in [9.17, 15) is 0 Å². The molecule has 5 heteroatoms. The lowest BCUT2D eigenvalue weighted by Gasteiger charge is -2.04. The molecule has 0 fully saturated rings. The van der Waals surface area contributed by atoms with Crippen LogP contribution in [0.25, 0.3) is 5.65 Å². The molecule has 20 heavy (non-hydrogen) atoms. The van der Waals surface area contributed by atoms with Crippen LogP contribution in [0.3, 0.4) is 0 Å². The van der Waals surface area contributed by atoms with Crippen LogP contribution >= 0.6 is 23.4 Å². The van der Waals surface area contributed by atoms with Gasteiger partial charge in [0.15, 0.2) is 0 Å². The fourth-order valence-electron chi connectivity index (χ4n) is 2.00. The average Bonchev–Trinajstić information content (AvgIpc) is 2.87. The van der Waals surface area contributed by atoms with Crippen molar-refractivity contribution in [3.05, 3.63) is 59.5 Å². The van der Waals surface area contributed by atoms with Crippen molar-refractivity contribution >= 4 is 34.7 Å². The summed E-state index contributed by atoms with van der Waals surface area (Å²) in [6.45, 7) is 0.692. The van der Waals surface area contributed by atoms with E-state index >= 15 is 0 Å². The summed E-state index contributed by atoms with van der Waals surface area (Å²) in [5.74, 6) is 0. The van der Waals surface area contributed by atoms with Crippen LogP contribution in [-0.2, 0) is 6.54 Å². The molecule has 3 rings (SSSR count). The van der Waals surface area contributed by atoms with Crippen LogP contribution in [-0.4, -0.2) is 15.6 Å². The van der Waals surface area contributed by atoms with Crippen LogP contribution in [0.5, 0.6) is 0 Å². The van der Waals surface area contributed by atoms with Crippen molar-refractivity contribution in [1.82, 2.24) is 9.38 Å². The van der Waals surface area contributed by atoms with Crippen LogP contribution in [0.2, 0.25) is 5.02 Å². The van der Waals surface area contributed by atoms with Gasteiger partial charge in [0.05, 0.1) is 17.3 Å². The number of fused-ring (bicyclic) bond motifs is 1. The standard InChI is InChI=1S/C15H14ClN3S/c1-20-14-5-3-12(4-6-14)17-8-13-10-19-9-11(16)2-7-15(19)18-13/h2-7,9-10,17H,8H2,1H3. The lowest BCUT2D eigenvalue weighted by atomic mass is 10.3. The van der Waals surface area contributed by atoms with Crippen LogP contribution in [0.15, 0.2) is 53.7 Å². The molecule has 2 aromatic heterocycles. The van der Waals surface area contributed by atoms with Crippen molar-refractivity contribution in [3.63, 3.8) is 0 Å². The molecule has 1 aromatic carbocycles. The first-order valence-corrected chi connectivity index (χ1v) is 7.86. The zero-order chi connectivity index (χ0) is 13.9. The summed E-state index contributed by atoms with van der Waals surface area (Å²) < 4.78 is 1.94. The van der Waals surface area contributed by atoms with Crippen molar-refractivity contribution in [2.24, 2.45) is 0 Å². The van der Waals surface area contributed by atoms with Gasteiger partial charge in [0, 0.05) is 23.0 Å². The number of pyridine rings is 1. The van der Waals surface area contributed by atoms with Gasteiger partial charge >= 0.3 is 0 Å². The van der Waals surface area contributed by atoms with E-state index in [0.29, 0.717) is 11.6 Å². The molecule has 1 N–H and O–H groups in total. The van der Waals surface area contributed by atoms with Gasteiger partial charge in [-0.1, -0.05) is 11.6 Å². The molecule has 0 spiro atoms. The molecule has 0 aliphatic heterocycles. The molecule has 0 bridgehead atoms. The number of nitrogens with zero attached hydrogens (tertiary/aromatic N) is 2. The van der Waals surface area contributed by atoms with Gasteiger partial charge in [-0.25, -0.2) is 4.98 Å². The second-order valence-corrected chi connectivity index (χ2v) is 5.74. The third kappa shape index (κ3) is 2.92. The molecule has 0 amide bonds. The zero-order valence-electron chi connectivity index (χ0n) is 11.0. The van der Waals surface area contributed by atoms with E-state index in [1.807, 2.05) is 28.9 Å². The molecule has 0 atom stereocenters. The van der Waals surface area contributed by atoms with Crippen molar-refractivity contribution in [2.45, 2.75) is 11.4 Å². The third-order valence-electron chi connectivity index (χ3n) is 3.03. The molecule has 3 aromatic rings. The number of thioether (sulfide) groups is 1. The first-order valence-electron chi connectivity index (χ1n) is 6.26. The Labute approximate surface area is 127 Å². The van der Waals surface area contributed by atoms with E-state index in [2.05, 4.69) is 40.8 Å². The maximum absolute atomic E-state index is 5.96. The second-order valence-electron chi connectivity index (χ2n) is 4.43. The number of hydrogen-bond donors (Lipinski definition) is 1. The number of halogens is 1. The molecule has 2 heterocycles. The number of nitrogens with one attached hydrogen (secondary N) is 1. The summed E-state index contributed by atoms with van der Waals surface area (Å²) in [6.07, 6.45) is 5.93. The van der Waals surface area contributed by atoms with E-state index in [1.165, 1.54) is 4.90 Å². The first kappa shape index (κ1) is 13.3. The maximum atomic E-state index is 5.96. The highest BCUT2D eigenvalue weighted by Crippen LogP contribution is 2.18. The Balaban J connectivity index is 1.72. The maximum Gasteiger partial charge on any atom is 0.137 e. The predicted molar refractivity (Wildman–Crippen MR) is 85.8 cm³/mol. The molecule has 0 saturated carbocycles. The summed E-state index contributed by atoms with van der Waals surface area (Å²) in [5.41, 5.74) is 2.99. The molecule has 0 radical (unpaired) electrons. The molecule has 0 aliphatic rings. The molecular formula is C15H14ClN3S. The van der Waals surface area contributed by atoms with Gasteiger partial charge < -0.3 is 9.72 Å². The van der Waals surface area contributed by atoms with Gasteiger partial charge in [0.2, 0.25) is 0 Å². The Morgan fingerprint density at radius 2 is 1.95 bits per heavy atom. The summed E-state index contributed by atoms with van der Waals surface area (Å²) in [6, 6.07) is 12.1. The quantitative estimate of drug-likeness (QED) is 0.728. The molecular weight excluding hydrogens is 290 g/mol. The van der Waals surface area contributed by atoms with E-state index in [1.54, 1.807) is 11.8 Å². The van der Waals surface area contributed by atoms with Crippen LogP contribution < -0.4 is 5.32 Å². The molecule has 0 aliphatic carbocycles. The SMILES string of the molecule is CSc1ccc(NCc2cn3cc(Cl)ccc3n2)cc1. The summed E-state index contributed by atoms with van der Waals surface area (Å²) in [5, 5.41) is 4.08. The van der Waals surface area contributed by atoms with Gasteiger partial charge in [-0.2, -0.15) is 0 Å². The first-order chi connectivity index (χ1) is 9.74. The van der Waals surface area contributed by atoms with E-state index in [0.717, 1.165) is 17.0 Å². The average molecular weight is 304 g/mol. The minimum atomic E-state index is 0.692. The zero-order valence-corrected chi connectivity index (χ0v) is 12.6. The van der Waals surface area contributed by atoms with Crippen LogP contribution in [0.4, 0.5) is 5.69 Å². The Hall–Kier alpha value is -1.65. The fraction of sp³-hybridized carbons (Fsp3) is 0.133. The smallest absolute Gasteiger partial charge is 0.137 e. The molecule has 0 unspecified atom stereocenters. The highest BCUT2D eigenvalue weighted by Gasteiger charge is 2.02. The summed E-state index contributed by atoms with van der Waals surface area (Å²) >= 11 is 7.70. The Morgan fingerprint density at radius 1 is 1.15 bits per heavy atom. The Bertz CT molecular complexity index is 722.